The molecule has 0 saturated heterocycles. The van der Waals surface area contributed by atoms with Crippen molar-refractivity contribution in [2.75, 3.05) is 19.9 Å². The van der Waals surface area contributed by atoms with Gasteiger partial charge in [-0.05, 0) is 42.3 Å². The highest BCUT2D eigenvalue weighted by Crippen LogP contribution is 2.32. The van der Waals surface area contributed by atoms with Crippen LogP contribution in [0.25, 0.3) is 0 Å². The molecule has 1 aliphatic heterocycles. The molecule has 0 saturated carbocycles. The zero-order chi connectivity index (χ0) is 18.5. The van der Waals surface area contributed by atoms with Gasteiger partial charge in [0.1, 0.15) is 0 Å². The van der Waals surface area contributed by atoms with E-state index in [1.807, 2.05) is 18.2 Å². The second kappa shape index (κ2) is 7.81. The molecule has 136 valence electrons. The first-order chi connectivity index (χ1) is 12.5. The van der Waals surface area contributed by atoms with Crippen molar-refractivity contribution in [2.45, 2.75) is 6.42 Å². The van der Waals surface area contributed by atoms with Gasteiger partial charge in [-0.3, -0.25) is 9.59 Å². The molecule has 0 aromatic heterocycles. The van der Waals surface area contributed by atoms with Crippen LogP contribution >= 0.6 is 0 Å². The average molecular weight is 362 g/mol. The Morgan fingerprint density at radius 2 is 1.77 bits per heavy atom. The Hall–Kier alpha value is -3.16. The lowest BCUT2D eigenvalue weighted by Gasteiger charge is -2.08. The van der Waals surface area contributed by atoms with Crippen molar-refractivity contribution in [3.63, 3.8) is 0 Å². The number of ether oxygens (including phenoxy) is 2. The molecule has 2 aromatic rings. The first-order valence-corrected chi connectivity index (χ1v) is 7.91. The van der Waals surface area contributed by atoms with Crippen LogP contribution in [-0.2, 0) is 11.2 Å². The molecule has 26 heavy (non-hydrogen) atoms. The van der Waals surface area contributed by atoms with E-state index >= 15 is 0 Å². The van der Waals surface area contributed by atoms with Gasteiger partial charge in [0.05, 0.1) is 6.54 Å². The van der Waals surface area contributed by atoms with Crippen LogP contribution < -0.4 is 20.1 Å². The quantitative estimate of drug-likeness (QED) is 0.821. The molecule has 1 aliphatic rings. The van der Waals surface area contributed by atoms with Gasteiger partial charge in [0.25, 0.3) is 5.91 Å². The summed E-state index contributed by atoms with van der Waals surface area (Å²) in [6, 6.07) is 8.31. The highest BCUT2D eigenvalue weighted by Gasteiger charge is 2.13. The van der Waals surface area contributed by atoms with Crippen molar-refractivity contribution in [2.24, 2.45) is 0 Å². The molecule has 0 atom stereocenters. The molecule has 0 aliphatic carbocycles. The van der Waals surface area contributed by atoms with E-state index in [2.05, 4.69) is 10.6 Å². The van der Waals surface area contributed by atoms with E-state index in [1.165, 1.54) is 0 Å². The summed E-state index contributed by atoms with van der Waals surface area (Å²) in [5.74, 6) is -1.84. The van der Waals surface area contributed by atoms with Crippen LogP contribution in [0, 0.1) is 11.6 Å². The molecule has 8 heteroatoms. The summed E-state index contributed by atoms with van der Waals surface area (Å²) in [7, 11) is 0. The molecule has 2 N–H and O–H groups in total. The van der Waals surface area contributed by atoms with Crippen LogP contribution in [0.5, 0.6) is 11.5 Å². The summed E-state index contributed by atoms with van der Waals surface area (Å²) >= 11 is 0. The van der Waals surface area contributed by atoms with Crippen molar-refractivity contribution in [3.05, 3.63) is 59.2 Å². The van der Waals surface area contributed by atoms with E-state index in [4.69, 9.17) is 9.47 Å². The van der Waals surface area contributed by atoms with Gasteiger partial charge >= 0.3 is 0 Å². The highest BCUT2D eigenvalue weighted by atomic mass is 19.2. The van der Waals surface area contributed by atoms with Gasteiger partial charge in [0.2, 0.25) is 12.7 Å². The van der Waals surface area contributed by atoms with E-state index in [9.17, 15) is 18.4 Å². The Morgan fingerprint density at radius 3 is 2.58 bits per heavy atom. The third kappa shape index (κ3) is 4.27. The molecule has 0 spiro atoms. The summed E-state index contributed by atoms with van der Waals surface area (Å²) in [4.78, 5) is 23.6. The van der Waals surface area contributed by atoms with Crippen molar-refractivity contribution < 1.29 is 27.8 Å². The van der Waals surface area contributed by atoms with E-state index < -0.39 is 17.5 Å². The monoisotopic (exact) mass is 362 g/mol. The van der Waals surface area contributed by atoms with Gasteiger partial charge in [0.15, 0.2) is 23.1 Å². The minimum atomic E-state index is -1.12. The molecule has 2 amide bonds. The zero-order valence-corrected chi connectivity index (χ0v) is 13.7. The molecule has 1 heterocycles. The lowest BCUT2D eigenvalue weighted by molar-refractivity contribution is -0.120. The average Bonchev–Trinajstić information content (AvgIpc) is 3.10. The van der Waals surface area contributed by atoms with Crippen LogP contribution in [0.2, 0.25) is 0 Å². The summed E-state index contributed by atoms with van der Waals surface area (Å²) in [6.07, 6.45) is 0.583. The number of rotatable bonds is 6. The maximum atomic E-state index is 13.1. The summed E-state index contributed by atoms with van der Waals surface area (Å²) in [6.45, 7) is 0.311. The fourth-order valence-corrected chi connectivity index (χ4v) is 2.41. The molecule has 0 fully saturated rings. The Bertz CT molecular complexity index is 842. The third-order valence-corrected chi connectivity index (χ3v) is 3.76. The SMILES string of the molecule is O=C(CNC(=O)c1ccc(F)c(F)c1)NCCc1ccc2c(c1)OCO2. The lowest BCUT2D eigenvalue weighted by atomic mass is 10.1. The molecule has 2 aromatic carbocycles. The molecule has 6 nitrogen and oxygen atoms in total. The summed E-state index contributed by atoms with van der Waals surface area (Å²) in [5, 5.41) is 5.02. The van der Waals surface area contributed by atoms with Crippen LogP contribution in [-0.4, -0.2) is 31.7 Å². The Kier molecular flexibility index (Phi) is 5.31. The molecule has 0 unspecified atom stereocenters. The van der Waals surface area contributed by atoms with Crippen molar-refractivity contribution in [3.8, 4) is 11.5 Å². The molecule has 0 bridgehead atoms. The first-order valence-electron chi connectivity index (χ1n) is 7.91. The Balaban J connectivity index is 1.41. The van der Waals surface area contributed by atoms with Crippen LogP contribution in [0.15, 0.2) is 36.4 Å². The number of halogens is 2. The van der Waals surface area contributed by atoms with Crippen LogP contribution in [0.1, 0.15) is 15.9 Å². The number of carbonyl (C=O) groups is 2. The molecular weight excluding hydrogens is 346 g/mol. The van der Waals surface area contributed by atoms with E-state index in [0.717, 1.165) is 23.8 Å². The third-order valence-electron chi connectivity index (χ3n) is 3.76. The Morgan fingerprint density at radius 1 is 0.962 bits per heavy atom. The normalized spacial score (nSPS) is 11.9. The highest BCUT2D eigenvalue weighted by molar-refractivity contribution is 5.96. The van der Waals surface area contributed by atoms with Crippen LogP contribution in [0.4, 0.5) is 8.78 Å². The van der Waals surface area contributed by atoms with Crippen LogP contribution in [0.3, 0.4) is 0 Å². The number of nitrogens with one attached hydrogen (secondary N) is 2. The maximum absolute atomic E-state index is 13.1. The van der Waals surface area contributed by atoms with Gasteiger partial charge in [-0.15, -0.1) is 0 Å². The Labute approximate surface area is 148 Å². The van der Waals surface area contributed by atoms with Crippen molar-refractivity contribution in [1.82, 2.24) is 10.6 Å². The fourth-order valence-electron chi connectivity index (χ4n) is 2.41. The zero-order valence-electron chi connectivity index (χ0n) is 13.7. The van der Waals surface area contributed by atoms with E-state index in [1.54, 1.807) is 0 Å². The van der Waals surface area contributed by atoms with Gasteiger partial charge in [-0.2, -0.15) is 0 Å². The first kappa shape index (κ1) is 17.7. The molecule has 3 rings (SSSR count). The smallest absolute Gasteiger partial charge is 0.251 e. The number of amides is 2. The second-order valence-electron chi connectivity index (χ2n) is 5.60. The predicted molar refractivity (Wildman–Crippen MR) is 88.0 cm³/mol. The van der Waals surface area contributed by atoms with Gasteiger partial charge in [-0.1, -0.05) is 6.07 Å². The van der Waals surface area contributed by atoms with Gasteiger partial charge in [0, 0.05) is 12.1 Å². The van der Waals surface area contributed by atoms with Gasteiger partial charge in [-0.25, -0.2) is 8.78 Å². The molecular formula is C18H16F2N2O4. The largest absolute Gasteiger partial charge is 0.454 e. The summed E-state index contributed by atoms with van der Waals surface area (Å²) < 4.78 is 36.4. The van der Waals surface area contributed by atoms with Crippen molar-refractivity contribution in [1.29, 1.82) is 0 Å². The standard InChI is InChI=1S/C18H16F2N2O4/c19-13-3-2-12(8-14(13)20)18(24)22-9-17(23)21-6-5-11-1-4-15-16(7-11)26-10-25-15/h1-4,7-8H,5-6,9-10H2,(H,21,23)(H,22,24). The van der Waals surface area contributed by atoms with E-state index in [0.29, 0.717) is 24.5 Å². The number of hydrogen-bond acceptors (Lipinski definition) is 4. The number of hydrogen-bond donors (Lipinski definition) is 2. The number of carbonyl (C=O) groups excluding carboxylic acids is 2. The number of fused-ring (bicyclic) bond motifs is 1. The van der Waals surface area contributed by atoms with Gasteiger partial charge < -0.3 is 20.1 Å². The minimum Gasteiger partial charge on any atom is -0.454 e. The predicted octanol–water partition coefficient (Wildman–Crippen LogP) is 1.78. The minimum absolute atomic E-state index is 0.0583. The van der Waals surface area contributed by atoms with E-state index in [-0.39, 0.29) is 24.8 Å². The van der Waals surface area contributed by atoms with Crippen molar-refractivity contribution >= 4 is 11.8 Å². The molecule has 0 radical (unpaired) electrons. The second-order valence-corrected chi connectivity index (χ2v) is 5.60. The lowest BCUT2D eigenvalue weighted by Crippen LogP contribution is -2.37. The summed E-state index contributed by atoms with van der Waals surface area (Å²) in [5.41, 5.74) is 0.914. The maximum Gasteiger partial charge on any atom is 0.251 e. The fraction of sp³-hybridized carbons (Fsp3) is 0.222. The number of benzene rings is 2. The topological polar surface area (TPSA) is 76.7 Å².